The van der Waals surface area contributed by atoms with Crippen molar-refractivity contribution >= 4 is 5.78 Å². The SMILES string of the molecule is Cc1ccc2c(c1)C(C1=C(O)CC(C)(C)CC1=O)c1ccccc1O2. The van der Waals surface area contributed by atoms with E-state index in [0.29, 0.717) is 18.4 Å². The number of Topliss-reactive ketones (excluding diaryl/α,β-unsaturated/α-hetero) is 1. The molecular formula is C22H22O3. The van der Waals surface area contributed by atoms with E-state index in [2.05, 4.69) is 6.07 Å². The molecule has 4 rings (SSSR count). The first-order valence-corrected chi connectivity index (χ1v) is 8.68. The fourth-order valence-corrected chi connectivity index (χ4v) is 4.02. The zero-order chi connectivity index (χ0) is 17.8. The standard InChI is InChI=1S/C22H22O3/c1-13-8-9-19-15(10-13)20(14-6-4-5-7-18(14)25-19)21-16(23)11-22(2,3)12-17(21)24/h4-10,20,23H,11-12H2,1-3H3. The van der Waals surface area contributed by atoms with Gasteiger partial charge in [0.1, 0.15) is 17.3 Å². The Morgan fingerprint density at radius 1 is 1.04 bits per heavy atom. The molecule has 3 nitrogen and oxygen atoms in total. The van der Waals surface area contributed by atoms with Crippen LogP contribution in [0.25, 0.3) is 0 Å². The van der Waals surface area contributed by atoms with E-state index < -0.39 is 0 Å². The van der Waals surface area contributed by atoms with Crippen LogP contribution in [0.3, 0.4) is 0 Å². The summed E-state index contributed by atoms with van der Waals surface area (Å²) in [6.45, 7) is 6.07. The summed E-state index contributed by atoms with van der Waals surface area (Å²) in [7, 11) is 0. The lowest BCUT2D eigenvalue weighted by Gasteiger charge is -2.35. The van der Waals surface area contributed by atoms with Crippen LogP contribution in [0.15, 0.2) is 53.8 Å². The molecule has 1 heterocycles. The van der Waals surface area contributed by atoms with Gasteiger partial charge in [0, 0.05) is 35.5 Å². The molecule has 0 amide bonds. The maximum absolute atomic E-state index is 13.0. The average molecular weight is 334 g/mol. The first kappa shape index (κ1) is 15.9. The van der Waals surface area contributed by atoms with E-state index in [1.807, 2.05) is 57.2 Å². The van der Waals surface area contributed by atoms with Crippen molar-refractivity contribution in [3.63, 3.8) is 0 Å². The number of aryl methyl sites for hydroxylation is 1. The molecule has 1 N–H and O–H groups in total. The van der Waals surface area contributed by atoms with Gasteiger partial charge in [-0.05, 0) is 24.5 Å². The highest BCUT2D eigenvalue weighted by Crippen LogP contribution is 2.51. The molecule has 2 aliphatic rings. The summed E-state index contributed by atoms with van der Waals surface area (Å²) in [5.74, 6) is 1.48. The summed E-state index contributed by atoms with van der Waals surface area (Å²) in [6.07, 6.45) is 0.974. The number of fused-ring (bicyclic) bond motifs is 2. The molecular weight excluding hydrogens is 312 g/mol. The minimum Gasteiger partial charge on any atom is -0.512 e. The van der Waals surface area contributed by atoms with Crippen molar-refractivity contribution < 1.29 is 14.6 Å². The van der Waals surface area contributed by atoms with Crippen LogP contribution < -0.4 is 4.74 Å². The van der Waals surface area contributed by atoms with Gasteiger partial charge in [-0.1, -0.05) is 49.7 Å². The van der Waals surface area contributed by atoms with Crippen molar-refractivity contribution in [2.45, 2.75) is 39.5 Å². The summed E-state index contributed by atoms with van der Waals surface area (Å²) in [5, 5.41) is 10.8. The molecule has 1 atom stereocenters. The molecule has 1 aliphatic carbocycles. The molecule has 1 aliphatic heterocycles. The van der Waals surface area contributed by atoms with E-state index in [0.717, 1.165) is 28.2 Å². The predicted octanol–water partition coefficient (Wildman–Crippen LogP) is 5.43. The molecule has 0 fully saturated rings. The van der Waals surface area contributed by atoms with E-state index in [9.17, 15) is 9.90 Å². The minimum atomic E-state index is -0.275. The highest BCUT2D eigenvalue weighted by atomic mass is 16.5. The minimum absolute atomic E-state index is 0.0305. The number of carbonyl (C=O) groups is 1. The van der Waals surface area contributed by atoms with Gasteiger partial charge < -0.3 is 9.84 Å². The topological polar surface area (TPSA) is 46.5 Å². The summed E-state index contributed by atoms with van der Waals surface area (Å²) < 4.78 is 6.05. The van der Waals surface area contributed by atoms with Gasteiger partial charge in [0.05, 0.1) is 0 Å². The Bertz CT molecular complexity index is 905. The van der Waals surface area contributed by atoms with Gasteiger partial charge in [0.15, 0.2) is 5.78 Å². The Morgan fingerprint density at radius 3 is 2.52 bits per heavy atom. The second kappa shape index (κ2) is 5.48. The fraction of sp³-hybridized carbons (Fsp3) is 0.318. The number of benzene rings is 2. The van der Waals surface area contributed by atoms with Crippen molar-refractivity contribution in [1.82, 2.24) is 0 Å². The van der Waals surface area contributed by atoms with Gasteiger partial charge in [0.25, 0.3) is 0 Å². The van der Waals surface area contributed by atoms with Crippen molar-refractivity contribution in [3.05, 3.63) is 70.5 Å². The zero-order valence-corrected chi connectivity index (χ0v) is 14.8. The second-order valence-electron chi connectivity index (χ2n) is 7.92. The molecule has 0 spiro atoms. The highest BCUT2D eigenvalue weighted by molar-refractivity contribution is 5.99. The third kappa shape index (κ3) is 2.64. The summed E-state index contributed by atoms with van der Waals surface area (Å²) in [4.78, 5) is 13.0. The van der Waals surface area contributed by atoms with Crippen LogP contribution >= 0.6 is 0 Å². The van der Waals surface area contributed by atoms with Crippen LogP contribution in [-0.2, 0) is 4.79 Å². The predicted molar refractivity (Wildman–Crippen MR) is 97.2 cm³/mol. The number of allylic oxidation sites excluding steroid dienone is 2. The number of hydrogen-bond acceptors (Lipinski definition) is 3. The van der Waals surface area contributed by atoms with Gasteiger partial charge in [-0.2, -0.15) is 0 Å². The zero-order valence-electron chi connectivity index (χ0n) is 14.8. The second-order valence-corrected chi connectivity index (χ2v) is 7.92. The monoisotopic (exact) mass is 334 g/mol. The van der Waals surface area contributed by atoms with Crippen LogP contribution in [0.4, 0.5) is 0 Å². The molecule has 0 saturated carbocycles. The van der Waals surface area contributed by atoms with Crippen LogP contribution in [0.2, 0.25) is 0 Å². The van der Waals surface area contributed by atoms with Gasteiger partial charge in [-0.25, -0.2) is 0 Å². The van der Waals surface area contributed by atoms with E-state index in [1.165, 1.54) is 0 Å². The average Bonchev–Trinajstić information content (AvgIpc) is 2.53. The Hall–Kier alpha value is -2.55. The first-order chi connectivity index (χ1) is 11.9. The molecule has 128 valence electrons. The smallest absolute Gasteiger partial charge is 0.163 e. The van der Waals surface area contributed by atoms with Gasteiger partial charge in [-0.3, -0.25) is 4.79 Å². The van der Waals surface area contributed by atoms with Gasteiger partial charge in [0.2, 0.25) is 0 Å². The summed E-state index contributed by atoms with van der Waals surface area (Å²) in [6, 6.07) is 13.8. The number of aliphatic hydroxyl groups is 1. The van der Waals surface area contributed by atoms with Crippen molar-refractivity contribution in [1.29, 1.82) is 0 Å². The lowest BCUT2D eigenvalue weighted by molar-refractivity contribution is -0.118. The Balaban J connectivity index is 1.96. The van der Waals surface area contributed by atoms with E-state index >= 15 is 0 Å². The Kier molecular flexibility index (Phi) is 3.50. The quantitative estimate of drug-likeness (QED) is 0.756. The Labute approximate surface area is 148 Å². The number of carbonyl (C=O) groups excluding carboxylic acids is 1. The lowest BCUT2D eigenvalue weighted by atomic mass is 9.70. The van der Waals surface area contributed by atoms with E-state index in [1.54, 1.807) is 0 Å². The van der Waals surface area contributed by atoms with E-state index in [-0.39, 0.29) is 22.9 Å². The lowest BCUT2D eigenvalue weighted by Crippen LogP contribution is -2.29. The number of hydrogen-bond donors (Lipinski definition) is 1. The van der Waals surface area contributed by atoms with Crippen LogP contribution in [0, 0.1) is 12.3 Å². The molecule has 25 heavy (non-hydrogen) atoms. The largest absolute Gasteiger partial charge is 0.512 e. The van der Waals surface area contributed by atoms with Crippen LogP contribution in [0.5, 0.6) is 11.5 Å². The number of para-hydroxylation sites is 1. The fourth-order valence-electron chi connectivity index (χ4n) is 4.02. The molecule has 1 unspecified atom stereocenters. The molecule has 0 bridgehead atoms. The van der Waals surface area contributed by atoms with Crippen LogP contribution in [0.1, 0.15) is 49.3 Å². The number of rotatable bonds is 1. The highest BCUT2D eigenvalue weighted by Gasteiger charge is 2.40. The molecule has 0 radical (unpaired) electrons. The number of ketones is 1. The Morgan fingerprint density at radius 2 is 1.76 bits per heavy atom. The normalized spacial score (nSPS) is 21.4. The van der Waals surface area contributed by atoms with E-state index in [4.69, 9.17) is 4.74 Å². The van der Waals surface area contributed by atoms with Crippen molar-refractivity contribution in [2.75, 3.05) is 0 Å². The van der Waals surface area contributed by atoms with Crippen molar-refractivity contribution in [2.24, 2.45) is 5.41 Å². The van der Waals surface area contributed by atoms with Gasteiger partial charge in [-0.15, -0.1) is 0 Å². The molecule has 0 saturated heterocycles. The first-order valence-electron chi connectivity index (χ1n) is 8.68. The third-order valence-electron chi connectivity index (χ3n) is 5.11. The maximum atomic E-state index is 13.0. The number of ether oxygens (including phenoxy) is 1. The van der Waals surface area contributed by atoms with Crippen molar-refractivity contribution in [3.8, 4) is 11.5 Å². The molecule has 2 aromatic carbocycles. The number of aliphatic hydroxyl groups excluding tert-OH is 1. The third-order valence-corrected chi connectivity index (χ3v) is 5.11. The molecule has 2 aromatic rings. The van der Waals surface area contributed by atoms with Crippen LogP contribution in [-0.4, -0.2) is 10.9 Å². The molecule has 0 aromatic heterocycles. The maximum Gasteiger partial charge on any atom is 0.163 e. The van der Waals surface area contributed by atoms with Gasteiger partial charge >= 0.3 is 0 Å². The summed E-state index contributed by atoms with van der Waals surface area (Å²) in [5.41, 5.74) is 3.32. The molecule has 3 heteroatoms. The summed E-state index contributed by atoms with van der Waals surface area (Å²) >= 11 is 0.